The Morgan fingerprint density at radius 2 is 1.79 bits per heavy atom. The second-order valence-corrected chi connectivity index (χ2v) is 9.54. The third kappa shape index (κ3) is 5.40. The topological polar surface area (TPSA) is 92.1 Å². The lowest BCUT2D eigenvalue weighted by Gasteiger charge is -2.35. The Morgan fingerprint density at radius 1 is 0.974 bits per heavy atom. The summed E-state index contributed by atoms with van der Waals surface area (Å²) in [6.45, 7) is 4.74. The number of pyridine rings is 1. The van der Waals surface area contributed by atoms with Crippen molar-refractivity contribution in [3.63, 3.8) is 0 Å². The van der Waals surface area contributed by atoms with E-state index in [9.17, 15) is 9.18 Å². The highest BCUT2D eigenvalue weighted by molar-refractivity contribution is 5.90. The molecule has 2 aromatic carbocycles. The number of aromatic nitrogens is 5. The monoisotopic (exact) mass is 522 g/mol. The Morgan fingerprint density at radius 3 is 2.54 bits per heavy atom. The molecule has 3 aromatic heterocycles. The number of carbonyl (C=O) groups excluding carboxylic acids is 1. The molecule has 0 aliphatic carbocycles. The van der Waals surface area contributed by atoms with Crippen molar-refractivity contribution in [2.24, 2.45) is 0 Å². The lowest BCUT2D eigenvalue weighted by Crippen LogP contribution is -2.50. The molecule has 1 fully saturated rings. The van der Waals surface area contributed by atoms with Crippen molar-refractivity contribution < 1.29 is 9.18 Å². The molecule has 0 atom stereocenters. The molecule has 196 valence electrons. The lowest BCUT2D eigenvalue weighted by atomic mass is 10.1. The van der Waals surface area contributed by atoms with Crippen molar-refractivity contribution in [2.45, 2.75) is 13.5 Å². The molecule has 1 saturated heterocycles. The highest BCUT2D eigenvalue weighted by atomic mass is 19.1. The van der Waals surface area contributed by atoms with Crippen LogP contribution < -0.4 is 10.2 Å². The highest BCUT2D eigenvalue weighted by Gasteiger charge is 2.25. The smallest absolute Gasteiger partial charge is 0.321 e. The summed E-state index contributed by atoms with van der Waals surface area (Å²) in [7, 11) is 0. The Bertz CT molecular complexity index is 1610. The van der Waals surface area contributed by atoms with Crippen LogP contribution in [0.25, 0.3) is 22.3 Å². The number of fused-ring (bicyclic) bond motifs is 1. The van der Waals surface area contributed by atoms with Gasteiger partial charge < -0.3 is 19.7 Å². The van der Waals surface area contributed by atoms with Gasteiger partial charge in [0.2, 0.25) is 0 Å². The minimum atomic E-state index is -0.294. The highest BCUT2D eigenvalue weighted by Crippen LogP contribution is 2.27. The average molecular weight is 523 g/mol. The lowest BCUT2D eigenvalue weighted by molar-refractivity contribution is 0.208. The first-order valence-electron chi connectivity index (χ1n) is 12.8. The number of nitrogens with one attached hydrogen (secondary N) is 1. The Labute approximate surface area is 225 Å². The maximum Gasteiger partial charge on any atom is 0.321 e. The van der Waals surface area contributed by atoms with Gasteiger partial charge >= 0.3 is 6.03 Å². The molecule has 0 bridgehead atoms. The number of anilines is 2. The Hall–Kier alpha value is -4.86. The van der Waals surface area contributed by atoms with Gasteiger partial charge in [-0.15, -0.1) is 0 Å². The van der Waals surface area contributed by atoms with Crippen LogP contribution >= 0.6 is 0 Å². The van der Waals surface area contributed by atoms with Gasteiger partial charge in [-0.05, 0) is 61.0 Å². The third-order valence-corrected chi connectivity index (χ3v) is 6.73. The summed E-state index contributed by atoms with van der Waals surface area (Å²) in [5.41, 5.74) is 4.79. The van der Waals surface area contributed by atoms with Gasteiger partial charge in [-0.3, -0.25) is 0 Å². The molecule has 9 nitrogen and oxygen atoms in total. The largest absolute Gasteiger partial charge is 0.351 e. The van der Waals surface area contributed by atoms with E-state index in [1.165, 1.54) is 12.1 Å². The standard InChI is InChI=1S/C29H27FN8O/c1-20-3-2-4-23(17-20)32-29(39)38-15-13-37(14-16-38)28-27-25(33-26(35-28)18-36-12-11-31-19-36)10-9-24(34-27)21-5-7-22(30)8-6-21/h2-12,17,19H,13-16,18H2,1H3,(H,32,39). The molecule has 4 heterocycles. The van der Waals surface area contributed by atoms with E-state index in [0.29, 0.717) is 49.8 Å². The van der Waals surface area contributed by atoms with Gasteiger partial charge in [0, 0.05) is 49.8 Å². The fourth-order valence-corrected chi connectivity index (χ4v) is 4.71. The van der Waals surface area contributed by atoms with E-state index in [-0.39, 0.29) is 11.8 Å². The van der Waals surface area contributed by atoms with E-state index < -0.39 is 0 Å². The summed E-state index contributed by atoms with van der Waals surface area (Å²) in [5, 5.41) is 3.00. The number of hydrogen-bond acceptors (Lipinski definition) is 6. The van der Waals surface area contributed by atoms with E-state index in [0.717, 1.165) is 28.1 Å². The number of hydrogen-bond donors (Lipinski definition) is 1. The van der Waals surface area contributed by atoms with Crippen molar-refractivity contribution in [3.05, 3.63) is 96.6 Å². The van der Waals surface area contributed by atoms with E-state index >= 15 is 0 Å². The summed E-state index contributed by atoms with van der Waals surface area (Å²) >= 11 is 0. The van der Waals surface area contributed by atoms with Gasteiger partial charge in [-0.1, -0.05) is 12.1 Å². The second-order valence-electron chi connectivity index (χ2n) is 9.54. The third-order valence-electron chi connectivity index (χ3n) is 6.73. The number of imidazole rings is 1. The number of urea groups is 1. The number of benzene rings is 2. The summed E-state index contributed by atoms with van der Waals surface area (Å²) in [4.78, 5) is 35.6. The zero-order valence-electron chi connectivity index (χ0n) is 21.5. The molecule has 0 spiro atoms. The number of nitrogens with zero attached hydrogens (tertiary/aromatic N) is 7. The van der Waals surface area contributed by atoms with Crippen LogP contribution in [0, 0.1) is 12.7 Å². The van der Waals surface area contributed by atoms with Crippen molar-refractivity contribution in [3.8, 4) is 11.3 Å². The van der Waals surface area contributed by atoms with Gasteiger partial charge in [0.25, 0.3) is 0 Å². The molecular weight excluding hydrogens is 495 g/mol. The first kappa shape index (κ1) is 24.5. The fourth-order valence-electron chi connectivity index (χ4n) is 4.71. The number of aryl methyl sites for hydroxylation is 1. The Kier molecular flexibility index (Phi) is 6.58. The average Bonchev–Trinajstić information content (AvgIpc) is 3.46. The first-order valence-corrected chi connectivity index (χ1v) is 12.8. The molecule has 10 heteroatoms. The van der Waals surface area contributed by atoms with Gasteiger partial charge in [0.05, 0.1) is 24.1 Å². The molecule has 0 unspecified atom stereocenters. The summed E-state index contributed by atoms with van der Waals surface area (Å²) in [6.07, 6.45) is 5.32. The number of piperazine rings is 1. The van der Waals surface area contributed by atoms with Crippen LogP contribution in [0.1, 0.15) is 11.4 Å². The maximum atomic E-state index is 13.5. The molecule has 5 aromatic rings. The summed E-state index contributed by atoms with van der Waals surface area (Å²) in [6, 6.07) is 17.7. The van der Waals surface area contributed by atoms with Crippen LogP contribution in [-0.4, -0.2) is 61.6 Å². The quantitative estimate of drug-likeness (QED) is 0.359. The van der Waals surface area contributed by atoms with Crippen LogP contribution in [-0.2, 0) is 6.54 Å². The van der Waals surface area contributed by atoms with Crippen LogP contribution in [0.5, 0.6) is 0 Å². The molecule has 1 aliphatic heterocycles. The summed E-state index contributed by atoms with van der Waals surface area (Å²) in [5.74, 6) is 1.07. The molecule has 0 saturated carbocycles. The zero-order chi connectivity index (χ0) is 26.8. The van der Waals surface area contributed by atoms with Gasteiger partial charge in [0.15, 0.2) is 11.6 Å². The van der Waals surface area contributed by atoms with E-state index in [1.54, 1.807) is 24.7 Å². The van der Waals surface area contributed by atoms with Crippen molar-refractivity contribution in [2.75, 3.05) is 36.4 Å². The van der Waals surface area contributed by atoms with Crippen molar-refractivity contribution in [1.29, 1.82) is 0 Å². The minimum absolute atomic E-state index is 0.120. The zero-order valence-corrected chi connectivity index (χ0v) is 21.5. The van der Waals surface area contributed by atoms with Crippen molar-refractivity contribution >= 4 is 28.6 Å². The van der Waals surface area contributed by atoms with Gasteiger partial charge in [-0.25, -0.2) is 29.1 Å². The molecule has 39 heavy (non-hydrogen) atoms. The Balaban J connectivity index is 1.28. The molecule has 0 radical (unpaired) electrons. The SMILES string of the molecule is Cc1cccc(NC(=O)N2CCN(c3nc(Cn4ccnc4)nc4ccc(-c5ccc(F)cc5)nc34)CC2)c1. The number of halogens is 1. The summed E-state index contributed by atoms with van der Waals surface area (Å²) < 4.78 is 15.4. The van der Waals surface area contributed by atoms with Gasteiger partial charge in [0.1, 0.15) is 11.3 Å². The van der Waals surface area contributed by atoms with Crippen molar-refractivity contribution in [1.82, 2.24) is 29.4 Å². The normalized spacial score (nSPS) is 13.6. The fraction of sp³-hybridized carbons (Fsp3) is 0.207. The first-order chi connectivity index (χ1) is 19.0. The predicted octanol–water partition coefficient (Wildman–Crippen LogP) is 4.74. The predicted molar refractivity (Wildman–Crippen MR) is 148 cm³/mol. The molecule has 2 amide bonds. The number of carbonyl (C=O) groups is 1. The number of rotatable bonds is 5. The molecule has 6 rings (SSSR count). The molecule has 1 aliphatic rings. The second kappa shape index (κ2) is 10.5. The van der Waals surface area contributed by atoms with Gasteiger partial charge in [-0.2, -0.15) is 0 Å². The van der Waals surface area contributed by atoms with E-state index in [2.05, 4.69) is 15.2 Å². The van der Waals surface area contributed by atoms with Crippen LogP contribution in [0.2, 0.25) is 0 Å². The van der Waals surface area contributed by atoms with Crippen LogP contribution in [0.3, 0.4) is 0 Å². The minimum Gasteiger partial charge on any atom is -0.351 e. The van der Waals surface area contributed by atoms with E-state index in [1.807, 2.05) is 59.0 Å². The van der Waals surface area contributed by atoms with Crippen LogP contribution in [0.4, 0.5) is 20.7 Å². The van der Waals surface area contributed by atoms with Crippen LogP contribution in [0.15, 0.2) is 79.4 Å². The molecular formula is C29H27FN8O. The molecule has 1 N–H and O–H groups in total. The van der Waals surface area contributed by atoms with E-state index in [4.69, 9.17) is 15.0 Å². The number of amides is 2. The maximum absolute atomic E-state index is 13.5.